The molecule has 20 heavy (non-hydrogen) atoms. The molecule has 0 N–H and O–H groups in total. The number of hydrogen-bond acceptors (Lipinski definition) is 4. The molecule has 0 unspecified atom stereocenters. The third-order valence-corrected chi connectivity index (χ3v) is 3.38. The number of hydrogen-bond donors (Lipinski definition) is 0. The van der Waals surface area contributed by atoms with E-state index in [0.717, 1.165) is 0 Å². The van der Waals surface area contributed by atoms with Gasteiger partial charge in [0.25, 0.3) is 0 Å². The predicted octanol–water partition coefficient (Wildman–Crippen LogP) is 4.67. The summed E-state index contributed by atoms with van der Waals surface area (Å²) in [4.78, 5) is 10.4. The molecule has 0 radical (unpaired) electrons. The molecule has 0 fully saturated rings. The maximum absolute atomic E-state index is 11.0. The van der Waals surface area contributed by atoms with E-state index in [0.29, 0.717) is 4.47 Å². The highest BCUT2D eigenvalue weighted by atomic mass is 79.9. The number of nitro benzene ring substituents is 1. The van der Waals surface area contributed by atoms with Crippen LogP contribution in [0.1, 0.15) is 5.56 Å². The van der Waals surface area contributed by atoms with E-state index in [1.807, 2.05) is 6.07 Å². The Hall–Kier alpha value is -2.10. The zero-order valence-electron chi connectivity index (χ0n) is 9.84. The molecule has 5 nitrogen and oxygen atoms in total. The van der Waals surface area contributed by atoms with Crippen LogP contribution in [0.5, 0.6) is 11.5 Å². The summed E-state index contributed by atoms with van der Waals surface area (Å²) in [7, 11) is 0. The van der Waals surface area contributed by atoms with E-state index in [1.54, 1.807) is 18.2 Å². The Morgan fingerprint density at radius 2 is 2.00 bits per heavy atom. The monoisotopic (exact) mass is 352 g/mol. The lowest BCUT2D eigenvalue weighted by atomic mass is 10.2. The second kappa shape index (κ2) is 5.90. The van der Waals surface area contributed by atoms with Gasteiger partial charge in [0.1, 0.15) is 17.4 Å². The molecule has 0 atom stereocenters. The highest BCUT2D eigenvalue weighted by molar-refractivity contribution is 9.10. The number of benzene rings is 2. The second-order valence-corrected chi connectivity index (χ2v) is 4.93. The Morgan fingerprint density at radius 1 is 1.30 bits per heavy atom. The van der Waals surface area contributed by atoms with Crippen molar-refractivity contribution in [3.05, 3.63) is 61.6 Å². The lowest BCUT2D eigenvalue weighted by Gasteiger charge is -2.10. The number of rotatable bonds is 3. The fourth-order valence-corrected chi connectivity index (χ4v) is 2.19. The first-order valence-electron chi connectivity index (χ1n) is 5.34. The highest BCUT2D eigenvalue weighted by Crippen LogP contribution is 2.39. The van der Waals surface area contributed by atoms with Gasteiger partial charge in [-0.1, -0.05) is 23.7 Å². The Morgan fingerprint density at radius 3 is 2.65 bits per heavy atom. The van der Waals surface area contributed by atoms with Gasteiger partial charge in [0.15, 0.2) is 0 Å². The molecule has 0 bridgehead atoms. The third kappa shape index (κ3) is 2.74. The topological polar surface area (TPSA) is 76.2 Å². The van der Waals surface area contributed by atoms with Gasteiger partial charge < -0.3 is 4.74 Å². The lowest BCUT2D eigenvalue weighted by Crippen LogP contribution is -1.96. The highest BCUT2D eigenvalue weighted by Gasteiger charge is 2.20. The molecule has 0 spiro atoms. The largest absolute Gasteiger partial charge is 0.447 e. The zero-order valence-corrected chi connectivity index (χ0v) is 12.2. The average molecular weight is 354 g/mol. The van der Waals surface area contributed by atoms with Crippen molar-refractivity contribution < 1.29 is 9.66 Å². The minimum absolute atomic E-state index is 0.0243. The minimum Gasteiger partial charge on any atom is -0.447 e. The summed E-state index contributed by atoms with van der Waals surface area (Å²) in [6, 6.07) is 11.0. The van der Waals surface area contributed by atoms with Crippen LogP contribution >= 0.6 is 27.5 Å². The van der Waals surface area contributed by atoms with E-state index >= 15 is 0 Å². The third-order valence-electron chi connectivity index (χ3n) is 2.44. The molecule has 0 heterocycles. The van der Waals surface area contributed by atoms with Crippen molar-refractivity contribution in [2.45, 2.75) is 0 Å². The maximum atomic E-state index is 11.0. The Kier molecular flexibility index (Phi) is 4.23. The summed E-state index contributed by atoms with van der Waals surface area (Å²) >= 11 is 9.08. The van der Waals surface area contributed by atoms with Crippen molar-refractivity contribution in [2.24, 2.45) is 0 Å². The molecule has 100 valence electrons. The van der Waals surface area contributed by atoms with Crippen LogP contribution in [0.15, 0.2) is 40.9 Å². The van der Waals surface area contributed by atoms with Crippen LogP contribution in [0.4, 0.5) is 5.69 Å². The van der Waals surface area contributed by atoms with Gasteiger partial charge in [0.05, 0.1) is 14.4 Å². The predicted molar refractivity (Wildman–Crippen MR) is 77.0 cm³/mol. The normalized spacial score (nSPS) is 9.85. The van der Waals surface area contributed by atoms with Gasteiger partial charge in [-0.15, -0.1) is 0 Å². The van der Waals surface area contributed by atoms with E-state index in [1.165, 1.54) is 18.2 Å². The number of ether oxygens (including phenoxy) is 1. The SMILES string of the molecule is N#Cc1c(Cl)cccc1Oc1c(Br)cccc1[N+](=O)[O-]. The first kappa shape index (κ1) is 14.3. The number of para-hydroxylation sites is 1. The van der Waals surface area contributed by atoms with Crippen molar-refractivity contribution in [1.29, 1.82) is 5.26 Å². The minimum atomic E-state index is -0.559. The summed E-state index contributed by atoms with van der Waals surface area (Å²) in [5, 5.41) is 20.3. The average Bonchev–Trinajstić information content (AvgIpc) is 2.41. The first-order valence-corrected chi connectivity index (χ1v) is 6.51. The van der Waals surface area contributed by atoms with Gasteiger partial charge in [-0.05, 0) is 34.1 Å². The van der Waals surface area contributed by atoms with Crippen molar-refractivity contribution in [3.63, 3.8) is 0 Å². The summed E-state index contributed by atoms with van der Waals surface area (Å²) in [5.41, 5.74) is -0.0811. The van der Waals surface area contributed by atoms with E-state index in [-0.39, 0.29) is 27.8 Å². The van der Waals surface area contributed by atoms with Crippen LogP contribution in [-0.2, 0) is 0 Å². The zero-order chi connectivity index (χ0) is 14.7. The Labute approximate surface area is 127 Å². The van der Waals surface area contributed by atoms with Crippen LogP contribution in [0, 0.1) is 21.4 Å². The summed E-state index contributed by atoms with van der Waals surface area (Å²) in [6.45, 7) is 0. The fraction of sp³-hybridized carbons (Fsp3) is 0. The van der Waals surface area contributed by atoms with Gasteiger partial charge in [-0.3, -0.25) is 10.1 Å². The fourth-order valence-electron chi connectivity index (χ4n) is 1.55. The molecular formula is C13H6BrClN2O3. The lowest BCUT2D eigenvalue weighted by molar-refractivity contribution is -0.385. The summed E-state index contributed by atoms with van der Waals surface area (Å²) in [6.07, 6.45) is 0. The molecule has 0 saturated heterocycles. The van der Waals surface area contributed by atoms with Crippen LogP contribution in [0.25, 0.3) is 0 Å². The van der Waals surface area contributed by atoms with Gasteiger partial charge in [0.2, 0.25) is 5.75 Å². The standard InChI is InChI=1S/C13H6BrClN2O3/c14-9-3-1-5-11(17(18)19)13(9)20-12-6-2-4-10(15)8(12)7-16/h1-6H. The first-order chi connectivity index (χ1) is 9.54. The van der Waals surface area contributed by atoms with E-state index in [9.17, 15) is 10.1 Å². The molecular weight excluding hydrogens is 348 g/mol. The molecule has 0 aromatic heterocycles. The van der Waals surface area contributed by atoms with Crippen molar-refractivity contribution in [2.75, 3.05) is 0 Å². The van der Waals surface area contributed by atoms with Crippen LogP contribution < -0.4 is 4.74 Å². The molecule has 0 aliphatic carbocycles. The number of halogens is 2. The molecule has 2 rings (SSSR count). The van der Waals surface area contributed by atoms with Crippen LogP contribution in [0.2, 0.25) is 5.02 Å². The molecule has 0 aliphatic rings. The number of nitro groups is 1. The smallest absolute Gasteiger partial charge is 0.312 e. The van der Waals surface area contributed by atoms with E-state index in [2.05, 4.69) is 15.9 Å². The number of nitrogens with zero attached hydrogens (tertiary/aromatic N) is 2. The Balaban J connectivity index is 2.54. The second-order valence-electron chi connectivity index (χ2n) is 3.67. The molecule has 0 aliphatic heterocycles. The van der Waals surface area contributed by atoms with Gasteiger partial charge >= 0.3 is 5.69 Å². The maximum Gasteiger partial charge on any atom is 0.312 e. The van der Waals surface area contributed by atoms with Gasteiger partial charge in [-0.25, -0.2) is 0 Å². The molecule has 2 aromatic carbocycles. The molecule has 2 aromatic rings. The van der Waals surface area contributed by atoms with Crippen LogP contribution in [-0.4, -0.2) is 4.92 Å². The van der Waals surface area contributed by atoms with Crippen molar-refractivity contribution >= 4 is 33.2 Å². The quantitative estimate of drug-likeness (QED) is 0.593. The van der Waals surface area contributed by atoms with Gasteiger partial charge in [0, 0.05) is 6.07 Å². The van der Waals surface area contributed by atoms with Crippen molar-refractivity contribution in [1.82, 2.24) is 0 Å². The van der Waals surface area contributed by atoms with E-state index < -0.39 is 4.92 Å². The van der Waals surface area contributed by atoms with Crippen molar-refractivity contribution in [3.8, 4) is 17.6 Å². The van der Waals surface area contributed by atoms with Crippen LogP contribution in [0.3, 0.4) is 0 Å². The molecule has 7 heteroatoms. The number of nitriles is 1. The van der Waals surface area contributed by atoms with Gasteiger partial charge in [-0.2, -0.15) is 5.26 Å². The summed E-state index contributed by atoms with van der Waals surface area (Å²) in [5.74, 6) is 0.186. The van der Waals surface area contributed by atoms with E-state index in [4.69, 9.17) is 21.6 Å². The molecule has 0 amide bonds. The molecule has 0 saturated carbocycles. The summed E-state index contributed by atoms with van der Waals surface area (Å²) < 4.78 is 5.92. The Bertz CT molecular complexity index is 728.